The van der Waals surface area contributed by atoms with Crippen LogP contribution in [-0.4, -0.2) is 30.6 Å². The van der Waals surface area contributed by atoms with Gasteiger partial charge in [-0.25, -0.2) is 0 Å². The van der Waals surface area contributed by atoms with Crippen LogP contribution in [0.5, 0.6) is 17.2 Å². The van der Waals surface area contributed by atoms with E-state index >= 15 is 0 Å². The Labute approximate surface area is 178 Å². The maximum Gasteiger partial charge on any atom is 0.270 e. The Morgan fingerprint density at radius 2 is 1.97 bits per heavy atom. The number of carbonyl (C=O) groups excluding carboxylic acids is 1. The molecule has 0 spiro atoms. The summed E-state index contributed by atoms with van der Waals surface area (Å²) >= 11 is 6.66. The van der Waals surface area contributed by atoms with Crippen molar-refractivity contribution in [2.75, 3.05) is 25.2 Å². The monoisotopic (exact) mass is 426 g/mol. The number of rotatable bonds is 7. The van der Waals surface area contributed by atoms with Crippen molar-refractivity contribution in [1.29, 1.82) is 5.26 Å². The molecular formula is C21H18N2O4S2. The second kappa shape index (κ2) is 9.45. The van der Waals surface area contributed by atoms with E-state index in [1.807, 2.05) is 25.1 Å². The van der Waals surface area contributed by atoms with Gasteiger partial charge in [-0.2, -0.15) is 5.26 Å². The van der Waals surface area contributed by atoms with Gasteiger partial charge in [0.25, 0.3) is 5.91 Å². The van der Waals surface area contributed by atoms with Crippen LogP contribution in [0.2, 0.25) is 0 Å². The van der Waals surface area contributed by atoms with Gasteiger partial charge in [0, 0.05) is 0 Å². The molecule has 3 rings (SSSR count). The number of ether oxygens (including phenoxy) is 3. The molecule has 8 heteroatoms. The summed E-state index contributed by atoms with van der Waals surface area (Å²) in [6, 6.07) is 14.5. The van der Waals surface area contributed by atoms with Crippen molar-refractivity contribution in [2.24, 2.45) is 0 Å². The number of carbonyl (C=O) groups is 1. The molecule has 1 saturated heterocycles. The van der Waals surface area contributed by atoms with Crippen molar-refractivity contribution >= 4 is 46.0 Å². The lowest BCUT2D eigenvalue weighted by molar-refractivity contribution is -0.113. The number of benzene rings is 2. The molecule has 1 aliphatic heterocycles. The number of amides is 1. The quantitative estimate of drug-likeness (QED) is 0.480. The molecule has 0 saturated carbocycles. The van der Waals surface area contributed by atoms with Gasteiger partial charge in [0.05, 0.1) is 24.3 Å². The first-order chi connectivity index (χ1) is 14.1. The number of thiocarbonyl (C=S) groups is 1. The van der Waals surface area contributed by atoms with Gasteiger partial charge in [0.1, 0.15) is 11.8 Å². The van der Waals surface area contributed by atoms with Gasteiger partial charge in [-0.05, 0) is 42.8 Å². The summed E-state index contributed by atoms with van der Waals surface area (Å²) in [5, 5.41) is 8.71. The maximum absolute atomic E-state index is 13.0. The van der Waals surface area contributed by atoms with Crippen LogP contribution >= 0.6 is 24.0 Å². The molecule has 0 radical (unpaired) electrons. The molecule has 0 unspecified atom stereocenters. The average Bonchev–Trinajstić information content (AvgIpc) is 3.00. The van der Waals surface area contributed by atoms with Crippen LogP contribution in [0.25, 0.3) is 6.08 Å². The minimum absolute atomic E-state index is 0.0724. The van der Waals surface area contributed by atoms with Crippen LogP contribution in [0.15, 0.2) is 47.4 Å². The Kier molecular flexibility index (Phi) is 6.75. The van der Waals surface area contributed by atoms with Gasteiger partial charge in [-0.3, -0.25) is 9.69 Å². The summed E-state index contributed by atoms with van der Waals surface area (Å²) in [4.78, 5) is 15.0. The summed E-state index contributed by atoms with van der Waals surface area (Å²) in [6.07, 6.45) is 1.76. The third kappa shape index (κ3) is 4.53. The van der Waals surface area contributed by atoms with Crippen molar-refractivity contribution in [3.8, 4) is 23.3 Å². The van der Waals surface area contributed by atoms with Gasteiger partial charge < -0.3 is 14.2 Å². The summed E-state index contributed by atoms with van der Waals surface area (Å²) in [5.74, 6) is 1.35. The third-order valence-electron chi connectivity index (χ3n) is 3.98. The van der Waals surface area contributed by atoms with Crippen molar-refractivity contribution in [2.45, 2.75) is 6.92 Å². The smallest absolute Gasteiger partial charge is 0.270 e. The van der Waals surface area contributed by atoms with E-state index in [4.69, 9.17) is 31.7 Å². The van der Waals surface area contributed by atoms with Gasteiger partial charge in [0.15, 0.2) is 22.4 Å². The molecule has 0 aliphatic carbocycles. The molecule has 148 valence electrons. The van der Waals surface area contributed by atoms with Crippen LogP contribution in [0.1, 0.15) is 12.5 Å². The molecule has 1 fully saturated rings. The van der Waals surface area contributed by atoms with Crippen LogP contribution in [0, 0.1) is 11.3 Å². The topological polar surface area (TPSA) is 71.8 Å². The number of anilines is 1. The number of hydrogen-bond donors (Lipinski definition) is 0. The van der Waals surface area contributed by atoms with Crippen LogP contribution in [-0.2, 0) is 4.79 Å². The number of para-hydroxylation sites is 2. The van der Waals surface area contributed by atoms with Crippen molar-refractivity contribution in [3.05, 3.63) is 52.9 Å². The van der Waals surface area contributed by atoms with Crippen molar-refractivity contribution < 1.29 is 19.0 Å². The first kappa shape index (κ1) is 20.7. The number of nitrogens with zero attached hydrogens (tertiary/aromatic N) is 2. The fourth-order valence-corrected chi connectivity index (χ4v) is 4.04. The highest BCUT2D eigenvalue weighted by Gasteiger charge is 2.34. The average molecular weight is 427 g/mol. The van der Waals surface area contributed by atoms with E-state index in [-0.39, 0.29) is 12.5 Å². The lowest BCUT2D eigenvalue weighted by Gasteiger charge is -2.17. The zero-order chi connectivity index (χ0) is 20.8. The lowest BCUT2D eigenvalue weighted by Crippen LogP contribution is -2.27. The van der Waals surface area contributed by atoms with E-state index in [0.29, 0.717) is 38.8 Å². The number of hydrogen-bond acceptors (Lipinski definition) is 7. The molecule has 0 bridgehead atoms. The SMILES string of the molecule is CCOc1cc(C=C2SC(=S)N(c3ccccc3OC)C2=O)ccc1OCC#N. The minimum Gasteiger partial charge on any atom is -0.495 e. The van der Waals surface area contributed by atoms with Crippen molar-refractivity contribution in [1.82, 2.24) is 0 Å². The fraction of sp³-hybridized carbons (Fsp3) is 0.190. The molecule has 1 aliphatic rings. The third-order valence-corrected chi connectivity index (χ3v) is 5.28. The summed E-state index contributed by atoms with van der Waals surface area (Å²) < 4.78 is 16.8. The molecule has 2 aromatic rings. The molecular weight excluding hydrogens is 408 g/mol. The highest BCUT2D eigenvalue weighted by molar-refractivity contribution is 8.27. The standard InChI is InChI=1S/C21H18N2O4S2/c1-3-26-18-12-14(8-9-17(18)27-11-10-22)13-19-20(24)23(21(28)29-19)15-6-4-5-7-16(15)25-2/h4-9,12-13H,3,11H2,1-2H3. The molecule has 0 atom stereocenters. The van der Waals surface area contributed by atoms with E-state index in [0.717, 1.165) is 5.56 Å². The van der Waals surface area contributed by atoms with Gasteiger partial charge in [0.2, 0.25) is 0 Å². The molecule has 29 heavy (non-hydrogen) atoms. The molecule has 1 heterocycles. The Morgan fingerprint density at radius 1 is 1.17 bits per heavy atom. The van der Waals surface area contributed by atoms with Gasteiger partial charge in [-0.15, -0.1) is 0 Å². The molecule has 1 amide bonds. The van der Waals surface area contributed by atoms with Crippen LogP contribution in [0.4, 0.5) is 5.69 Å². The highest BCUT2D eigenvalue weighted by atomic mass is 32.2. The highest BCUT2D eigenvalue weighted by Crippen LogP contribution is 2.40. The lowest BCUT2D eigenvalue weighted by atomic mass is 10.1. The predicted molar refractivity (Wildman–Crippen MR) is 117 cm³/mol. The van der Waals surface area contributed by atoms with E-state index < -0.39 is 0 Å². The Hall–Kier alpha value is -3.02. The second-order valence-electron chi connectivity index (χ2n) is 5.77. The van der Waals surface area contributed by atoms with E-state index in [1.165, 1.54) is 16.7 Å². The van der Waals surface area contributed by atoms with Crippen LogP contribution < -0.4 is 19.1 Å². The first-order valence-electron chi connectivity index (χ1n) is 8.76. The Balaban J connectivity index is 1.91. The molecule has 0 N–H and O–H groups in total. The number of thioether (sulfide) groups is 1. The predicted octanol–water partition coefficient (Wildman–Crippen LogP) is 4.40. The van der Waals surface area contributed by atoms with Crippen molar-refractivity contribution in [3.63, 3.8) is 0 Å². The largest absolute Gasteiger partial charge is 0.495 e. The minimum atomic E-state index is -0.215. The summed E-state index contributed by atoms with van der Waals surface area (Å²) in [5.41, 5.74) is 1.37. The molecule has 2 aromatic carbocycles. The van der Waals surface area contributed by atoms with E-state index in [1.54, 1.807) is 43.5 Å². The fourth-order valence-electron chi connectivity index (χ4n) is 2.75. The van der Waals surface area contributed by atoms with E-state index in [2.05, 4.69) is 0 Å². The van der Waals surface area contributed by atoms with Gasteiger partial charge >= 0.3 is 0 Å². The second-order valence-corrected chi connectivity index (χ2v) is 7.45. The Bertz CT molecular complexity index is 1010. The number of nitriles is 1. The maximum atomic E-state index is 13.0. The molecule has 0 aromatic heterocycles. The van der Waals surface area contributed by atoms with Crippen LogP contribution in [0.3, 0.4) is 0 Å². The van der Waals surface area contributed by atoms with E-state index in [9.17, 15) is 4.79 Å². The zero-order valence-corrected chi connectivity index (χ0v) is 17.5. The normalized spacial score (nSPS) is 14.8. The molecule has 6 nitrogen and oxygen atoms in total. The summed E-state index contributed by atoms with van der Waals surface area (Å²) in [7, 11) is 1.55. The summed E-state index contributed by atoms with van der Waals surface area (Å²) in [6.45, 7) is 2.23. The first-order valence-corrected chi connectivity index (χ1v) is 9.99. The Morgan fingerprint density at radius 3 is 2.69 bits per heavy atom. The van der Waals surface area contributed by atoms with Gasteiger partial charge in [-0.1, -0.05) is 42.2 Å². The number of methoxy groups -OCH3 is 1. The zero-order valence-electron chi connectivity index (χ0n) is 15.9.